The first kappa shape index (κ1) is 35.4. The molecule has 0 atom stereocenters. The number of ether oxygens (including phenoxy) is 1. The molecule has 1 N–H and O–H groups in total. The van der Waals surface area contributed by atoms with E-state index in [9.17, 15) is 31.1 Å². The molecule has 0 aliphatic carbocycles. The first-order valence-electron chi connectivity index (χ1n) is 15.6. The minimum absolute atomic E-state index is 0.0866. The smallest absolute Gasteiger partial charge is 0.416 e. The highest BCUT2D eigenvalue weighted by Crippen LogP contribution is 2.36. The summed E-state index contributed by atoms with van der Waals surface area (Å²) in [4.78, 5) is 22.6. The van der Waals surface area contributed by atoms with Crippen LogP contribution in [-0.2, 0) is 35.0 Å². The first-order chi connectivity index (χ1) is 21.6. The van der Waals surface area contributed by atoms with Crippen LogP contribution in [0.4, 0.5) is 26.3 Å². The zero-order valence-electron chi connectivity index (χ0n) is 26.4. The maximum Gasteiger partial charge on any atom is 0.416 e. The highest BCUT2D eigenvalue weighted by atomic mass is 19.4. The van der Waals surface area contributed by atoms with Crippen LogP contribution in [0.1, 0.15) is 68.2 Å². The van der Waals surface area contributed by atoms with Crippen LogP contribution >= 0.6 is 0 Å². The Hall–Kier alpha value is -3.48. The van der Waals surface area contributed by atoms with Crippen molar-refractivity contribution in [2.24, 2.45) is 11.1 Å². The molecule has 4 rings (SSSR count). The number of nitrogens with zero attached hydrogens (tertiary/aromatic N) is 3. The van der Waals surface area contributed by atoms with E-state index in [4.69, 9.17) is 9.57 Å². The predicted octanol–water partition coefficient (Wildman–Crippen LogP) is 6.90. The van der Waals surface area contributed by atoms with Crippen molar-refractivity contribution < 1.29 is 40.7 Å². The summed E-state index contributed by atoms with van der Waals surface area (Å²) in [5.74, 6) is 1.26. The van der Waals surface area contributed by atoms with Crippen molar-refractivity contribution in [3.63, 3.8) is 0 Å². The lowest BCUT2D eigenvalue weighted by Gasteiger charge is -2.31. The third kappa shape index (κ3) is 10.3. The van der Waals surface area contributed by atoms with E-state index in [1.807, 2.05) is 17.0 Å². The van der Waals surface area contributed by atoms with E-state index in [0.29, 0.717) is 55.7 Å². The number of likely N-dealkylation sites (tertiary alicyclic amines) is 2. The molecule has 13 heteroatoms. The fraction of sp³-hybridized carbons (Fsp3) is 0.576. The van der Waals surface area contributed by atoms with Crippen molar-refractivity contribution in [2.75, 3.05) is 39.8 Å². The van der Waals surface area contributed by atoms with Crippen molar-refractivity contribution >= 4 is 11.7 Å². The zero-order chi connectivity index (χ0) is 33.5. The molecule has 2 aromatic rings. The maximum atomic E-state index is 13.3. The van der Waals surface area contributed by atoms with Crippen molar-refractivity contribution in [1.29, 1.82) is 0 Å². The summed E-state index contributed by atoms with van der Waals surface area (Å²) < 4.78 is 85.7. The van der Waals surface area contributed by atoms with Gasteiger partial charge >= 0.3 is 12.4 Å². The highest BCUT2D eigenvalue weighted by Gasteiger charge is 2.37. The number of carbonyl (C=O) groups is 1. The van der Waals surface area contributed by atoms with Crippen LogP contribution in [-0.4, -0.2) is 66.9 Å². The number of hydrogen-bond donors (Lipinski definition) is 1. The Morgan fingerprint density at radius 3 is 2.02 bits per heavy atom. The van der Waals surface area contributed by atoms with E-state index >= 15 is 0 Å². The van der Waals surface area contributed by atoms with Gasteiger partial charge in [0.05, 0.1) is 11.1 Å². The Balaban J connectivity index is 1.40. The summed E-state index contributed by atoms with van der Waals surface area (Å²) >= 11 is 0. The summed E-state index contributed by atoms with van der Waals surface area (Å²) in [6.45, 7) is 6.90. The number of alkyl halides is 6. The van der Waals surface area contributed by atoms with Crippen LogP contribution in [0.2, 0.25) is 0 Å². The molecule has 2 fully saturated rings. The lowest BCUT2D eigenvalue weighted by Crippen LogP contribution is -2.48. The molecule has 254 valence electrons. The van der Waals surface area contributed by atoms with E-state index in [2.05, 4.69) is 22.4 Å². The number of rotatable bonds is 10. The van der Waals surface area contributed by atoms with Crippen LogP contribution in [0.15, 0.2) is 47.6 Å². The second kappa shape index (κ2) is 15.0. The van der Waals surface area contributed by atoms with Crippen molar-refractivity contribution in [3.05, 3.63) is 64.7 Å². The van der Waals surface area contributed by atoms with Gasteiger partial charge in [-0.15, -0.1) is 0 Å². The quantitative estimate of drug-likeness (QED) is 0.131. The highest BCUT2D eigenvalue weighted by molar-refractivity contribution is 5.85. The first-order valence-corrected chi connectivity index (χ1v) is 15.6. The van der Waals surface area contributed by atoms with Gasteiger partial charge in [0.15, 0.2) is 5.60 Å². The standard InChI is InChI=1S/C33H42F6N4O3/c1-31(2,30(44)40-21-24-11-15-42(3)16-12-24)46-28-9-7-23(8-10-28)19-29(43-13-5-4-6-14-43)41-45-22-25-17-26(32(34,35)36)20-27(18-25)33(37,38)39/h7-10,17-18,20,24H,4-6,11-16,19,21-22H2,1-3H3,(H,40,44). The fourth-order valence-electron chi connectivity index (χ4n) is 5.55. The molecule has 0 unspecified atom stereocenters. The van der Waals surface area contributed by atoms with E-state index in [0.717, 1.165) is 50.8 Å². The van der Waals surface area contributed by atoms with E-state index in [-0.39, 0.29) is 17.5 Å². The van der Waals surface area contributed by atoms with E-state index < -0.39 is 35.7 Å². The lowest BCUT2D eigenvalue weighted by atomic mass is 9.97. The van der Waals surface area contributed by atoms with Gasteiger partial charge in [0.25, 0.3) is 5.91 Å². The van der Waals surface area contributed by atoms with Gasteiger partial charge in [0.2, 0.25) is 0 Å². The molecule has 0 radical (unpaired) electrons. The Morgan fingerprint density at radius 2 is 1.46 bits per heavy atom. The molecule has 0 aromatic heterocycles. The molecule has 2 aliphatic heterocycles. The van der Waals surface area contributed by atoms with Crippen LogP contribution in [0.25, 0.3) is 0 Å². The van der Waals surface area contributed by atoms with Gasteiger partial charge in [-0.1, -0.05) is 17.3 Å². The molecule has 2 aromatic carbocycles. The Morgan fingerprint density at radius 1 is 0.870 bits per heavy atom. The average Bonchev–Trinajstić information content (AvgIpc) is 3.00. The van der Waals surface area contributed by atoms with Gasteiger partial charge < -0.3 is 24.7 Å². The number of carbonyl (C=O) groups excluding carboxylic acids is 1. The topological polar surface area (TPSA) is 66.4 Å². The Labute approximate surface area is 265 Å². The second-order valence-corrected chi connectivity index (χ2v) is 12.6. The largest absolute Gasteiger partial charge is 0.478 e. The van der Waals surface area contributed by atoms with Gasteiger partial charge in [-0.25, -0.2) is 0 Å². The molecule has 2 saturated heterocycles. The number of amidine groups is 1. The van der Waals surface area contributed by atoms with Crippen LogP contribution in [0.5, 0.6) is 5.75 Å². The molecule has 0 bridgehead atoms. The monoisotopic (exact) mass is 656 g/mol. The molecule has 46 heavy (non-hydrogen) atoms. The van der Waals surface area contributed by atoms with Gasteiger partial charge in [-0.2, -0.15) is 26.3 Å². The third-order valence-electron chi connectivity index (χ3n) is 8.36. The van der Waals surface area contributed by atoms with Gasteiger partial charge in [0.1, 0.15) is 18.2 Å². The second-order valence-electron chi connectivity index (χ2n) is 12.6. The number of benzene rings is 2. The molecule has 7 nitrogen and oxygen atoms in total. The van der Waals surface area contributed by atoms with Crippen molar-refractivity contribution in [2.45, 2.75) is 76.9 Å². The summed E-state index contributed by atoms with van der Waals surface area (Å²) in [6.07, 6.45) is -4.61. The third-order valence-corrected chi connectivity index (χ3v) is 8.36. The van der Waals surface area contributed by atoms with Gasteiger partial charge in [-0.05, 0) is 113 Å². The number of piperidine rings is 2. The number of nitrogens with one attached hydrogen (secondary N) is 1. The van der Waals surface area contributed by atoms with E-state index in [1.165, 1.54) is 0 Å². The average molecular weight is 657 g/mol. The van der Waals surface area contributed by atoms with Crippen LogP contribution in [0, 0.1) is 5.92 Å². The molecular formula is C33H42F6N4O3. The predicted molar refractivity (Wildman–Crippen MR) is 162 cm³/mol. The van der Waals surface area contributed by atoms with Gasteiger partial charge in [0, 0.05) is 26.1 Å². The minimum atomic E-state index is -4.94. The Bertz CT molecular complexity index is 1300. The van der Waals surface area contributed by atoms with E-state index in [1.54, 1.807) is 26.0 Å². The van der Waals surface area contributed by atoms with Crippen LogP contribution < -0.4 is 10.1 Å². The molecule has 2 aliphatic rings. The minimum Gasteiger partial charge on any atom is -0.478 e. The lowest BCUT2D eigenvalue weighted by molar-refractivity contribution is -0.143. The fourth-order valence-corrected chi connectivity index (χ4v) is 5.55. The van der Waals surface area contributed by atoms with Gasteiger partial charge in [-0.3, -0.25) is 4.79 Å². The van der Waals surface area contributed by atoms with Crippen LogP contribution in [0.3, 0.4) is 0 Å². The Kier molecular flexibility index (Phi) is 11.5. The normalized spacial score (nSPS) is 17.6. The number of halogens is 6. The summed E-state index contributed by atoms with van der Waals surface area (Å²) in [5, 5.41) is 7.21. The van der Waals surface area contributed by atoms with Crippen molar-refractivity contribution in [1.82, 2.24) is 15.1 Å². The molecule has 0 saturated carbocycles. The maximum absolute atomic E-state index is 13.3. The summed E-state index contributed by atoms with van der Waals surface area (Å²) in [6, 6.07) is 8.51. The summed E-state index contributed by atoms with van der Waals surface area (Å²) in [7, 11) is 2.09. The molecule has 0 spiro atoms. The zero-order valence-corrected chi connectivity index (χ0v) is 26.4. The molecule has 1 amide bonds. The number of oxime groups is 1. The molecule has 2 heterocycles. The summed E-state index contributed by atoms with van der Waals surface area (Å²) in [5.41, 5.74) is -3.36. The SMILES string of the molecule is CN1CCC(CNC(=O)C(C)(C)Oc2ccc(CC(=NOCc3cc(C(F)(F)F)cc(C(F)(F)F)c3)N3CCCCC3)cc2)CC1. The molecular weight excluding hydrogens is 614 g/mol. The number of amides is 1. The number of hydrogen-bond acceptors (Lipinski definition) is 5. The van der Waals surface area contributed by atoms with Crippen molar-refractivity contribution in [3.8, 4) is 5.75 Å².